The minimum atomic E-state index is 0.463. The summed E-state index contributed by atoms with van der Waals surface area (Å²) in [5.74, 6) is 0.463. The molecule has 0 nitrogen and oxygen atoms in total. The van der Waals surface area contributed by atoms with Crippen LogP contribution in [0.4, 0.5) is 0 Å². The second-order valence-electron chi connectivity index (χ2n) is 5.04. The second kappa shape index (κ2) is 6.94. The largest absolute Gasteiger partial charge is 0.0859 e. The van der Waals surface area contributed by atoms with Gasteiger partial charge in [-0.1, -0.05) is 79.2 Å². The SMILES string of the molecule is CC/C=C(/C)CC(c1ccccc1)c1ccccc1. The zero-order valence-corrected chi connectivity index (χ0v) is 11.8. The van der Waals surface area contributed by atoms with E-state index >= 15 is 0 Å². The molecule has 2 aromatic carbocycles. The maximum Gasteiger partial charge on any atom is 0.0126 e. The fourth-order valence-electron chi connectivity index (χ4n) is 2.55. The van der Waals surface area contributed by atoms with Crippen LogP contribution in [-0.2, 0) is 0 Å². The monoisotopic (exact) mass is 250 g/mol. The van der Waals surface area contributed by atoms with Gasteiger partial charge in [0.1, 0.15) is 0 Å². The summed E-state index contributed by atoms with van der Waals surface area (Å²) < 4.78 is 0. The Bertz CT molecular complexity index is 469. The zero-order valence-electron chi connectivity index (χ0n) is 11.8. The lowest BCUT2D eigenvalue weighted by Gasteiger charge is -2.18. The molecule has 0 aliphatic heterocycles. The quantitative estimate of drug-likeness (QED) is 0.609. The topological polar surface area (TPSA) is 0 Å². The van der Waals surface area contributed by atoms with Gasteiger partial charge in [0.15, 0.2) is 0 Å². The van der Waals surface area contributed by atoms with Crippen molar-refractivity contribution in [3.05, 3.63) is 83.4 Å². The third kappa shape index (κ3) is 3.82. The summed E-state index contributed by atoms with van der Waals surface area (Å²) >= 11 is 0. The maximum atomic E-state index is 2.33. The van der Waals surface area contributed by atoms with Crippen molar-refractivity contribution < 1.29 is 0 Å². The smallest absolute Gasteiger partial charge is 0.0126 e. The lowest BCUT2D eigenvalue weighted by molar-refractivity contribution is 0.791. The van der Waals surface area contributed by atoms with Crippen LogP contribution in [0.3, 0.4) is 0 Å². The molecule has 0 amide bonds. The minimum absolute atomic E-state index is 0.463. The van der Waals surface area contributed by atoms with Crippen molar-refractivity contribution >= 4 is 0 Å². The molecule has 0 fully saturated rings. The molecule has 0 saturated heterocycles. The van der Waals surface area contributed by atoms with Crippen molar-refractivity contribution in [3.8, 4) is 0 Å². The highest BCUT2D eigenvalue weighted by Crippen LogP contribution is 2.30. The number of benzene rings is 2. The lowest BCUT2D eigenvalue weighted by Crippen LogP contribution is -2.01. The molecule has 0 saturated carbocycles. The molecule has 0 aromatic heterocycles. The van der Waals surface area contributed by atoms with Crippen molar-refractivity contribution in [2.45, 2.75) is 32.6 Å². The molecule has 98 valence electrons. The number of hydrogen-bond donors (Lipinski definition) is 0. The van der Waals surface area contributed by atoms with Crippen LogP contribution in [0, 0.1) is 0 Å². The molecule has 0 atom stereocenters. The van der Waals surface area contributed by atoms with E-state index in [2.05, 4.69) is 80.6 Å². The van der Waals surface area contributed by atoms with E-state index in [1.165, 1.54) is 16.7 Å². The number of hydrogen-bond acceptors (Lipinski definition) is 0. The molecule has 0 spiro atoms. The first kappa shape index (κ1) is 13.6. The van der Waals surface area contributed by atoms with Crippen LogP contribution in [0.5, 0.6) is 0 Å². The first-order chi connectivity index (χ1) is 9.31. The van der Waals surface area contributed by atoms with Gasteiger partial charge in [-0.2, -0.15) is 0 Å². The molecule has 0 heteroatoms. The first-order valence-corrected chi connectivity index (χ1v) is 7.06. The molecule has 19 heavy (non-hydrogen) atoms. The fraction of sp³-hybridized carbons (Fsp3) is 0.263. The molecular weight excluding hydrogens is 228 g/mol. The van der Waals surface area contributed by atoms with Crippen LogP contribution in [0.15, 0.2) is 72.3 Å². The maximum absolute atomic E-state index is 2.33. The molecule has 0 bridgehead atoms. The van der Waals surface area contributed by atoms with Crippen LogP contribution in [0.25, 0.3) is 0 Å². The summed E-state index contributed by atoms with van der Waals surface area (Å²) in [6.45, 7) is 4.44. The summed E-state index contributed by atoms with van der Waals surface area (Å²) in [4.78, 5) is 0. The van der Waals surface area contributed by atoms with Gasteiger partial charge in [0.25, 0.3) is 0 Å². The van der Waals surface area contributed by atoms with E-state index in [1.54, 1.807) is 0 Å². The Kier molecular flexibility index (Phi) is 4.97. The average Bonchev–Trinajstić information content (AvgIpc) is 2.47. The Morgan fingerprint density at radius 2 is 1.37 bits per heavy atom. The average molecular weight is 250 g/mol. The van der Waals surface area contributed by atoms with Gasteiger partial charge in [-0.3, -0.25) is 0 Å². The van der Waals surface area contributed by atoms with E-state index in [4.69, 9.17) is 0 Å². The normalized spacial score (nSPS) is 11.8. The van der Waals surface area contributed by atoms with Gasteiger partial charge >= 0.3 is 0 Å². The van der Waals surface area contributed by atoms with Crippen molar-refractivity contribution in [3.63, 3.8) is 0 Å². The van der Waals surface area contributed by atoms with E-state index in [-0.39, 0.29) is 0 Å². The van der Waals surface area contributed by atoms with E-state index in [0.29, 0.717) is 5.92 Å². The summed E-state index contributed by atoms with van der Waals surface area (Å²) in [5.41, 5.74) is 4.27. The summed E-state index contributed by atoms with van der Waals surface area (Å²) in [6.07, 6.45) is 4.54. The predicted octanol–water partition coefficient (Wildman–Crippen LogP) is 5.56. The summed E-state index contributed by atoms with van der Waals surface area (Å²) in [5, 5.41) is 0. The Balaban J connectivity index is 2.32. The van der Waals surface area contributed by atoms with Gasteiger partial charge in [-0.25, -0.2) is 0 Å². The molecular formula is C19H22. The van der Waals surface area contributed by atoms with Crippen LogP contribution < -0.4 is 0 Å². The molecule has 2 aromatic rings. The fourth-order valence-corrected chi connectivity index (χ4v) is 2.55. The van der Waals surface area contributed by atoms with Gasteiger partial charge < -0.3 is 0 Å². The first-order valence-electron chi connectivity index (χ1n) is 7.06. The van der Waals surface area contributed by atoms with E-state index < -0.39 is 0 Å². The summed E-state index contributed by atoms with van der Waals surface area (Å²) in [7, 11) is 0. The van der Waals surface area contributed by atoms with Crippen LogP contribution in [-0.4, -0.2) is 0 Å². The van der Waals surface area contributed by atoms with Gasteiger partial charge in [0.2, 0.25) is 0 Å². The van der Waals surface area contributed by atoms with Crippen LogP contribution >= 0.6 is 0 Å². The van der Waals surface area contributed by atoms with Gasteiger partial charge in [-0.05, 0) is 30.9 Å². The van der Waals surface area contributed by atoms with Gasteiger partial charge in [-0.15, -0.1) is 0 Å². The summed E-state index contributed by atoms with van der Waals surface area (Å²) in [6, 6.07) is 21.6. The molecule has 0 radical (unpaired) electrons. The second-order valence-corrected chi connectivity index (χ2v) is 5.04. The predicted molar refractivity (Wildman–Crippen MR) is 83.4 cm³/mol. The van der Waals surface area contributed by atoms with Gasteiger partial charge in [0, 0.05) is 5.92 Å². The van der Waals surface area contributed by atoms with E-state index in [9.17, 15) is 0 Å². The van der Waals surface area contributed by atoms with Crippen LogP contribution in [0.2, 0.25) is 0 Å². The van der Waals surface area contributed by atoms with Gasteiger partial charge in [0.05, 0.1) is 0 Å². The Morgan fingerprint density at radius 1 is 0.895 bits per heavy atom. The third-order valence-corrected chi connectivity index (χ3v) is 3.48. The number of rotatable bonds is 5. The molecule has 0 aliphatic rings. The Labute approximate surface area is 116 Å². The Morgan fingerprint density at radius 3 is 1.79 bits per heavy atom. The van der Waals surface area contributed by atoms with Crippen molar-refractivity contribution in [2.24, 2.45) is 0 Å². The van der Waals surface area contributed by atoms with Crippen LogP contribution in [0.1, 0.15) is 43.7 Å². The van der Waals surface area contributed by atoms with Crippen molar-refractivity contribution in [1.29, 1.82) is 0 Å². The minimum Gasteiger partial charge on any atom is -0.0859 e. The standard InChI is InChI=1S/C19H22/c1-3-10-16(2)15-19(17-11-6-4-7-12-17)18-13-8-5-9-14-18/h4-14,19H,3,15H2,1-2H3/b16-10-. The highest BCUT2D eigenvalue weighted by molar-refractivity contribution is 5.33. The van der Waals surface area contributed by atoms with Crippen molar-refractivity contribution in [1.82, 2.24) is 0 Å². The lowest BCUT2D eigenvalue weighted by atomic mass is 9.86. The Hall–Kier alpha value is -1.82. The molecule has 0 aliphatic carbocycles. The van der Waals surface area contributed by atoms with Crippen molar-refractivity contribution in [2.75, 3.05) is 0 Å². The molecule has 0 heterocycles. The third-order valence-electron chi connectivity index (χ3n) is 3.48. The zero-order chi connectivity index (χ0) is 13.5. The number of allylic oxidation sites excluding steroid dienone is 2. The highest BCUT2D eigenvalue weighted by Gasteiger charge is 2.13. The van der Waals surface area contributed by atoms with E-state index in [0.717, 1.165) is 12.8 Å². The molecule has 0 unspecified atom stereocenters. The highest BCUT2D eigenvalue weighted by atomic mass is 14.2. The van der Waals surface area contributed by atoms with E-state index in [1.807, 2.05) is 0 Å². The molecule has 0 N–H and O–H groups in total. The molecule has 2 rings (SSSR count).